The largest absolute Gasteiger partial charge is 0.496 e. The Morgan fingerprint density at radius 1 is 1.10 bits per heavy atom. The maximum absolute atomic E-state index is 13.9. The number of rotatable bonds is 5. The maximum Gasteiger partial charge on any atom is 0.329 e. The number of carbonyl (C=O) groups is 3. The van der Waals surface area contributed by atoms with Gasteiger partial charge in [-0.1, -0.05) is 58.2 Å². The van der Waals surface area contributed by atoms with Crippen LogP contribution in [0.5, 0.6) is 5.75 Å². The van der Waals surface area contributed by atoms with Crippen molar-refractivity contribution in [1.29, 1.82) is 0 Å². The quantitative estimate of drug-likeness (QED) is 0.652. The van der Waals surface area contributed by atoms with Gasteiger partial charge < -0.3 is 14.4 Å². The van der Waals surface area contributed by atoms with Gasteiger partial charge in [0.05, 0.1) is 19.6 Å². The molecule has 1 saturated heterocycles. The highest BCUT2D eigenvalue weighted by Gasteiger charge is 2.59. The molecule has 0 N–H and O–H groups in total. The van der Waals surface area contributed by atoms with Crippen LogP contribution in [-0.2, 0) is 19.1 Å². The molecule has 3 atom stereocenters. The average Bonchev–Trinajstić information content (AvgIpc) is 3.07. The molecule has 0 radical (unpaired) electrons. The first-order chi connectivity index (χ1) is 14.7. The fraction of sp³-hybridized carbons (Fsp3) is 0.640. The fourth-order valence-electron chi connectivity index (χ4n) is 5.18. The molecule has 1 heterocycles. The number of likely N-dealkylation sites (tertiary alicyclic amines) is 1. The number of para-hydroxylation sites is 1. The minimum atomic E-state index is -0.934. The Hall–Kier alpha value is -2.37. The van der Waals surface area contributed by atoms with Crippen LogP contribution in [0.1, 0.15) is 71.4 Å². The van der Waals surface area contributed by atoms with Crippen molar-refractivity contribution in [2.24, 2.45) is 17.3 Å². The molecular weight excluding hydrogens is 394 g/mol. The number of hydrogen-bond donors (Lipinski definition) is 0. The molecule has 0 spiro atoms. The van der Waals surface area contributed by atoms with Crippen molar-refractivity contribution >= 4 is 17.7 Å². The normalized spacial score (nSPS) is 24.9. The number of Topliss-reactive ketones (excluding diaryl/α,β-unsaturated/α-hetero) is 1. The molecule has 3 rings (SSSR count). The molecule has 1 amide bonds. The second-order valence-corrected chi connectivity index (χ2v) is 9.67. The summed E-state index contributed by atoms with van der Waals surface area (Å²) in [4.78, 5) is 42.4. The Kier molecular flexibility index (Phi) is 7.07. The smallest absolute Gasteiger partial charge is 0.329 e. The number of benzene rings is 1. The van der Waals surface area contributed by atoms with E-state index in [1.54, 1.807) is 25.0 Å². The molecule has 1 aliphatic heterocycles. The molecule has 0 aromatic heterocycles. The summed E-state index contributed by atoms with van der Waals surface area (Å²) in [6.07, 6.45) is 4.68. The van der Waals surface area contributed by atoms with Gasteiger partial charge >= 0.3 is 5.97 Å². The second-order valence-electron chi connectivity index (χ2n) is 9.67. The maximum atomic E-state index is 13.9. The number of nitrogens with zero attached hydrogens (tertiary/aromatic N) is 1. The van der Waals surface area contributed by atoms with E-state index in [0.29, 0.717) is 11.3 Å². The lowest BCUT2D eigenvalue weighted by Gasteiger charge is -2.35. The molecule has 2 fully saturated rings. The number of carbonyl (C=O) groups excluding carboxylic acids is 3. The zero-order valence-corrected chi connectivity index (χ0v) is 19.3. The van der Waals surface area contributed by atoms with Gasteiger partial charge in [-0.25, -0.2) is 4.79 Å². The first kappa shape index (κ1) is 23.3. The van der Waals surface area contributed by atoms with E-state index in [0.717, 1.165) is 32.1 Å². The van der Waals surface area contributed by atoms with E-state index in [4.69, 9.17) is 9.47 Å². The van der Waals surface area contributed by atoms with Gasteiger partial charge in [-0.2, -0.15) is 0 Å². The van der Waals surface area contributed by atoms with E-state index in [1.165, 1.54) is 0 Å². The van der Waals surface area contributed by atoms with Crippen molar-refractivity contribution in [1.82, 2.24) is 4.90 Å². The Morgan fingerprint density at radius 2 is 1.74 bits per heavy atom. The molecule has 6 nitrogen and oxygen atoms in total. The van der Waals surface area contributed by atoms with Crippen LogP contribution >= 0.6 is 0 Å². The zero-order valence-electron chi connectivity index (χ0n) is 19.3. The molecule has 1 saturated carbocycles. The van der Waals surface area contributed by atoms with Gasteiger partial charge in [0.15, 0.2) is 5.78 Å². The molecule has 31 heavy (non-hydrogen) atoms. The van der Waals surface area contributed by atoms with Gasteiger partial charge in [0.2, 0.25) is 5.91 Å². The second kappa shape index (κ2) is 9.41. The third kappa shape index (κ3) is 4.48. The molecule has 6 heteroatoms. The van der Waals surface area contributed by atoms with E-state index in [-0.39, 0.29) is 24.2 Å². The minimum absolute atomic E-state index is 0.117. The minimum Gasteiger partial charge on any atom is -0.496 e. The molecule has 1 aliphatic carbocycles. The van der Waals surface area contributed by atoms with Crippen LogP contribution in [0.25, 0.3) is 0 Å². The van der Waals surface area contributed by atoms with Gasteiger partial charge in [0.25, 0.3) is 0 Å². The average molecular weight is 430 g/mol. The lowest BCUT2D eigenvalue weighted by Crippen LogP contribution is -2.49. The predicted molar refractivity (Wildman–Crippen MR) is 118 cm³/mol. The summed E-state index contributed by atoms with van der Waals surface area (Å²) >= 11 is 0. The van der Waals surface area contributed by atoms with Crippen molar-refractivity contribution in [3.8, 4) is 5.75 Å². The van der Waals surface area contributed by atoms with Crippen LogP contribution in [0, 0.1) is 17.3 Å². The van der Waals surface area contributed by atoms with Crippen LogP contribution < -0.4 is 4.74 Å². The molecule has 0 bridgehead atoms. The van der Waals surface area contributed by atoms with E-state index in [2.05, 4.69) is 0 Å². The van der Waals surface area contributed by atoms with Crippen LogP contribution in [0.15, 0.2) is 24.3 Å². The lowest BCUT2D eigenvalue weighted by atomic mass is 9.74. The summed E-state index contributed by atoms with van der Waals surface area (Å²) in [7, 11) is 1.55. The summed E-state index contributed by atoms with van der Waals surface area (Å²) in [5.41, 5.74) is 0.108. The predicted octanol–water partition coefficient (Wildman–Crippen LogP) is 4.32. The topological polar surface area (TPSA) is 72.9 Å². The Labute approximate surface area is 185 Å². The number of hydrogen-bond acceptors (Lipinski definition) is 5. The summed E-state index contributed by atoms with van der Waals surface area (Å²) in [5, 5.41) is 0. The fourth-order valence-corrected chi connectivity index (χ4v) is 5.18. The van der Waals surface area contributed by atoms with Gasteiger partial charge in [-0.05, 0) is 31.2 Å². The monoisotopic (exact) mass is 429 g/mol. The van der Waals surface area contributed by atoms with E-state index < -0.39 is 29.4 Å². The van der Waals surface area contributed by atoms with Crippen molar-refractivity contribution in [3.63, 3.8) is 0 Å². The van der Waals surface area contributed by atoms with E-state index in [9.17, 15) is 14.4 Å². The van der Waals surface area contributed by atoms with Crippen molar-refractivity contribution in [3.05, 3.63) is 29.8 Å². The zero-order chi connectivity index (χ0) is 22.8. The summed E-state index contributed by atoms with van der Waals surface area (Å²) < 4.78 is 10.9. The first-order valence-corrected chi connectivity index (χ1v) is 11.4. The van der Waals surface area contributed by atoms with Crippen molar-refractivity contribution in [2.45, 2.75) is 71.9 Å². The van der Waals surface area contributed by atoms with Crippen LogP contribution in [0.4, 0.5) is 0 Å². The highest BCUT2D eigenvalue weighted by molar-refractivity contribution is 6.02. The molecular formula is C25H35NO5. The number of esters is 1. The third-order valence-electron chi connectivity index (χ3n) is 6.57. The Bertz CT molecular complexity index is 821. The number of methoxy groups -OCH3 is 1. The van der Waals surface area contributed by atoms with Crippen LogP contribution in [0.3, 0.4) is 0 Å². The highest BCUT2D eigenvalue weighted by Crippen LogP contribution is 2.48. The van der Waals surface area contributed by atoms with Crippen LogP contribution in [0.2, 0.25) is 0 Å². The van der Waals surface area contributed by atoms with Gasteiger partial charge in [-0.15, -0.1) is 0 Å². The lowest BCUT2D eigenvalue weighted by molar-refractivity contribution is -0.158. The number of ether oxygens (including phenoxy) is 2. The molecule has 3 unspecified atom stereocenters. The third-order valence-corrected chi connectivity index (χ3v) is 6.57. The summed E-state index contributed by atoms with van der Waals surface area (Å²) in [6, 6.07) is 5.48. The van der Waals surface area contributed by atoms with E-state index >= 15 is 0 Å². The van der Waals surface area contributed by atoms with E-state index in [1.807, 2.05) is 39.0 Å². The summed E-state index contributed by atoms with van der Waals surface area (Å²) in [5.74, 6) is -1.03. The van der Waals surface area contributed by atoms with Gasteiger partial charge in [0, 0.05) is 11.5 Å². The number of amides is 1. The standard InChI is InChI=1S/C25H35NO5/c1-6-31-24(29)21-19(25(2,3)4)22(27)20(17-14-10-11-15-18(17)30-5)26(21)23(28)16-12-8-7-9-13-16/h10-11,14-16,19-21H,6-9,12-13H2,1-5H3. The van der Waals surface area contributed by atoms with Crippen molar-refractivity contribution in [2.75, 3.05) is 13.7 Å². The Balaban J connectivity index is 2.16. The molecule has 170 valence electrons. The van der Waals surface area contributed by atoms with Crippen molar-refractivity contribution < 1.29 is 23.9 Å². The van der Waals surface area contributed by atoms with Gasteiger partial charge in [-0.3, -0.25) is 9.59 Å². The number of ketones is 1. The highest BCUT2D eigenvalue weighted by atomic mass is 16.5. The SMILES string of the molecule is CCOC(=O)C1C(C(C)(C)C)C(=O)C(c2ccccc2OC)N1C(=O)C1CCCCC1. The van der Waals surface area contributed by atoms with Gasteiger partial charge in [0.1, 0.15) is 17.8 Å². The first-order valence-electron chi connectivity index (χ1n) is 11.4. The Morgan fingerprint density at radius 3 is 2.32 bits per heavy atom. The molecule has 2 aliphatic rings. The molecule has 1 aromatic carbocycles. The molecule has 1 aromatic rings. The van der Waals surface area contributed by atoms with Crippen LogP contribution in [-0.4, -0.2) is 42.3 Å². The summed E-state index contributed by atoms with van der Waals surface area (Å²) in [6.45, 7) is 7.76.